The maximum Gasteiger partial charge on any atom is 0.303 e. The Morgan fingerprint density at radius 2 is 1.40 bits per heavy atom. The van der Waals surface area contributed by atoms with E-state index in [1.807, 2.05) is 0 Å². The molecule has 0 radical (unpaired) electrons. The van der Waals surface area contributed by atoms with Crippen LogP contribution in [0.25, 0.3) is 0 Å². The molecule has 0 saturated carbocycles. The number of carboxylic acids is 1. The maximum absolute atomic E-state index is 10.7. The molecular formula is C25H37NO3Si. The molecule has 2 rings (SSSR count). The second-order valence-electron chi connectivity index (χ2n) is 9.02. The summed E-state index contributed by atoms with van der Waals surface area (Å²) in [5.74, 6) is -0.720. The summed E-state index contributed by atoms with van der Waals surface area (Å²) >= 11 is 0. The lowest BCUT2D eigenvalue weighted by Gasteiger charge is -2.43. The lowest BCUT2D eigenvalue weighted by atomic mass is 10.2. The molecule has 4 nitrogen and oxygen atoms in total. The van der Waals surface area contributed by atoms with Crippen molar-refractivity contribution in [1.82, 2.24) is 4.90 Å². The van der Waals surface area contributed by atoms with Crippen LogP contribution in [0.5, 0.6) is 0 Å². The van der Waals surface area contributed by atoms with Gasteiger partial charge in [-0.25, -0.2) is 0 Å². The fourth-order valence-electron chi connectivity index (χ4n) is 4.08. The summed E-state index contributed by atoms with van der Waals surface area (Å²) in [7, 11) is -0.379. The zero-order chi connectivity index (χ0) is 22.0. The van der Waals surface area contributed by atoms with Crippen molar-refractivity contribution in [2.45, 2.75) is 51.5 Å². The average molecular weight is 428 g/mol. The molecule has 1 N–H and O–H groups in total. The van der Waals surface area contributed by atoms with Gasteiger partial charge in [-0.3, -0.25) is 4.79 Å². The molecule has 0 aromatic heterocycles. The number of unbranched alkanes of at least 4 members (excludes halogenated alkanes) is 1. The highest BCUT2D eigenvalue weighted by molar-refractivity contribution is 6.99. The van der Waals surface area contributed by atoms with Crippen molar-refractivity contribution in [3.05, 3.63) is 60.7 Å². The highest BCUT2D eigenvalue weighted by Gasteiger charge is 2.49. The van der Waals surface area contributed by atoms with E-state index in [0.717, 1.165) is 32.5 Å². The molecule has 0 saturated heterocycles. The van der Waals surface area contributed by atoms with Crippen molar-refractivity contribution in [3.8, 4) is 0 Å². The number of benzene rings is 2. The first kappa shape index (κ1) is 24.3. The molecule has 0 aliphatic rings. The third-order valence-corrected chi connectivity index (χ3v) is 10.6. The monoisotopic (exact) mass is 427 g/mol. The van der Waals surface area contributed by atoms with E-state index in [0.29, 0.717) is 6.42 Å². The molecule has 0 bridgehead atoms. The number of carbonyl (C=O) groups is 1. The molecule has 0 amide bonds. The van der Waals surface area contributed by atoms with Gasteiger partial charge in [-0.05, 0) is 54.8 Å². The lowest BCUT2D eigenvalue weighted by Crippen LogP contribution is -2.66. The highest BCUT2D eigenvalue weighted by atomic mass is 28.4. The molecule has 0 spiro atoms. The van der Waals surface area contributed by atoms with E-state index in [1.54, 1.807) is 0 Å². The Morgan fingerprint density at radius 1 is 0.900 bits per heavy atom. The normalized spacial score (nSPS) is 12.3. The summed E-state index contributed by atoms with van der Waals surface area (Å²) < 4.78 is 6.90. The van der Waals surface area contributed by atoms with Crippen molar-refractivity contribution in [1.29, 1.82) is 0 Å². The van der Waals surface area contributed by atoms with Crippen LogP contribution >= 0.6 is 0 Å². The molecule has 0 aliphatic carbocycles. The second-order valence-corrected chi connectivity index (χ2v) is 13.3. The van der Waals surface area contributed by atoms with Crippen LogP contribution < -0.4 is 10.4 Å². The number of hydrogen-bond donors (Lipinski definition) is 1. The third kappa shape index (κ3) is 6.52. The van der Waals surface area contributed by atoms with Crippen LogP contribution in [0.1, 0.15) is 46.5 Å². The SMILES string of the molecule is CN(CCCCO[Si](c1ccccc1)(c1ccccc1)C(C)(C)C)CCCC(=O)O. The number of rotatable bonds is 12. The van der Waals surface area contributed by atoms with Gasteiger partial charge in [0.1, 0.15) is 0 Å². The van der Waals surface area contributed by atoms with Gasteiger partial charge in [-0.1, -0.05) is 81.4 Å². The van der Waals surface area contributed by atoms with Gasteiger partial charge < -0.3 is 14.4 Å². The molecule has 0 unspecified atom stereocenters. The fraction of sp³-hybridized carbons (Fsp3) is 0.480. The van der Waals surface area contributed by atoms with E-state index in [1.165, 1.54) is 10.4 Å². The minimum Gasteiger partial charge on any atom is -0.481 e. The van der Waals surface area contributed by atoms with E-state index >= 15 is 0 Å². The minimum absolute atomic E-state index is 0.00330. The van der Waals surface area contributed by atoms with Crippen LogP contribution in [-0.2, 0) is 9.22 Å². The first-order chi connectivity index (χ1) is 14.3. The summed E-state index contributed by atoms with van der Waals surface area (Å²) in [6.07, 6.45) is 2.97. The lowest BCUT2D eigenvalue weighted by molar-refractivity contribution is -0.137. The van der Waals surface area contributed by atoms with Gasteiger partial charge in [0, 0.05) is 13.0 Å². The van der Waals surface area contributed by atoms with Gasteiger partial charge in [0.25, 0.3) is 8.32 Å². The van der Waals surface area contributed by atoms with Crippen molar-refractivity contribution >= 4 is 24.7 Å². The van der Waals surface area contributed by atoms with Crippen LogP contribution in [0.3, 0.4) is 0 Å². The van der Waals surface area contributed by atoms with Crippen LogP contribution in [-0.4, -0.2) is 51.0 Å². The number of carboxylic acid groups (broad SMARTS) is 1. The quantitative estimate of drug-likeness (QED) is 0.409. The standard InChI is InChI=1S/C25H37NO3Si/c1-25(2,3)30(22-14-7-5-8-15-22,23-16-9-6-10-17-23)29-21-12-11-19-26(4)20-13-18-24(27)28/h5-10,14-17H,11-13,18-21H2,1-4H3,(H,27,28). The van der Waals surface area contributed by atoms with Crippen molar-refractivity contribution < 1.29 is 14.3 Å². The van der Waals surface area contributed by atoms with E-state index in [2.05, 4.69) is 93.4 Å². The Bertz CT molecular complexity index is 719. The van der Waals surface area contributed by atoms with Gasteiger partial charge in [0.05, 0.1) is 0 Å². The Labute approximate surface area is 183 Å². The van der Waals surface area contributed by atoms with Gasteiger partial charge in [0.2, 0.25) is 0 Å². The molecule has 30 heavy (non-hydrogen) atoms. The average Bonchev–Trinajstić information content (AvgIpc) is 2.71. The number of nitrogens with zero attached hydrogens (tertiary/aromatic N) is 1. The summed E-state index contributed by atoms with van der Waals surface area (Å²) in [5, 5.41) is 11.4. The Balaban J connectivity index is 2.06. The van der Waals surface area contributed by atoms with Crippen molar-refractivity contribution in [2.75, 3.05) is 26.7 Å². The molecule has 5 heteroatoms. The Kier molecular flexibility index (Phi) is 9.27. The third-order valence-electron chi connectivity index (χ3n) is 5.60. The first-order valence-electron chi connectivity index (χ1n) is 10.9. The summed E-state index contributed by atoms with van der Waals surface area (Å²) in [6, 6.07) is 21.5. The zero-order valence-corrected chi connectivity index (χ0v) is 19.9. The highest BCUT2D eigenvalue weighted by Crippen LogP contribution is 2.36. The van der Waals surface area contributed by atoms with Gasteiger partial charge in [-0.15, -0.1) is 0 Å². The summed E-state index contributed by atoms with van der Waals surface area (Å²) in [5.41, 5.74) is 0. The first-order valence-corrected chi connectivity index (χ1v) is 12.8. The molecule has 0 atom stereocenters. The van der Waals surface area contributed by atoms with Gasteiger partial charge >= 0.3 is 5.97 Å². The van der Waals surface area contributed by atoms with Crippen LogP contribution in [0, 0.1) is 0 Å². The van der Waals surface area contributed by atoms with Gasteiger partial charge in [-0.2, -0.15) is 0 Å². The molecular weight excluding hydrogens is 390 g/mol. The van der Waals surface area contributed by atoms with Crippen molar-refractivity contribution in [2.24, 2.45) is 0 Å². The van der Waals surface area contributed by atoms with E-state index in [9.17, 15) is 4.79 Å². The molecule has 164 valence electrons. The zero-order valence-electron chi connectivity index (χ0n) is 18.9. The van der Waals surface area contributed by atoms with Gasteiger partial charge in [0.15, 0.2) is 0 Å². The summed E-state index contributed by atoms with van der Waals surface area (Å²) in [6.45, 7) is 9.42. The maximum atomic E-state index is 10.7. The largest absolute Gasteiger partial charge is 0.481 e. The smallest absolute Gasteiger partial charge is 0.303 e. The number of hydrogen-bond acceptors (Lipinski definition) is 3. The predicted octanol–water partition coefficient (Wildman–Crippen LogP) is 4.14. The minimum atomic E-state index is -2.44. The fourth-order valence-corrected chi connectivity index (χ4v) is 8.69. The Hall–Kier alpha value is -1.95. The van der Waals surface area contributed by atoms with Crippen LogP contribution in [0.15, 0.2) is 60.7 Å². The second kappa shape index (κ2) is 11.4. The van der Waals surface area contributed by atoms with Crippen molar-refractivity contribution in [3.63, 3.8) is 0 Å². The van der Waals surface area contributed by atoms with E-state index in [-0.39, 0.29) is 11.5 Å². The van der Waals surface area contributed by atoms with E-state index < -0.39 is 14.3 Å². The topological polar surface area (TPSA) is 49.8 Å². The Morgan fingerprint density at radius 3 is 1.87 bits per heavy atom. The van der Waals surface area contributed by atoms with E-state index in [4.69, 9.17) is 9.53 Å². The summed E-state index contributed by atoms with van der Waals surface area (Å²) in [4.78, 5) is 12.9. The van der Waals surface area contributed by atoms with Crippen LogP contribution in [0.2, 0.25) is 5.04 Å². The molecule has 0 fully saturated rings. The molecule has 0 heterocycles. The molecule has 2 aromatic rings. The molecule has 0 aliphatic heterocycles. The number of aliphatic carboxylic acids is 1. The van der Waals surface area contributed by atoms with Crippen LogP contribution in [0.4, 0.5) is 0 Å². The predicted molar refractivity (Wildman–Crippen MR) is 127 cm³/mol. The molecule has 2 aromatic carbocycles.